The minimum absolute atomic E-state index is 0.328. The number of ether oxygens (including phenoxy) is 1. The predicted octanol–water partition coefficient (Wildman–Crippen LogP) is 0.671. The molecular formula is C12H14ClN3O5. The van der Waals surface area contributed by atoms with E-state index >= 15 is 0 Å². The second-order valence-corrected chi connectivity index (χ2v) is 4.23. The molecule has 0 bridgehead atoms. The smallest absolute Gasteiger partial charge is 0.322 e. The molecule has 0 unspecified atom stereocenters. The van der Waals surface area contributed by atoms with Crippen LogP contribution in [0.15, 0.2) is 18.2 Å². The van der Waals surface area contributed by atoms with E-state index in [-0.39, 0.29) is 6.54 Å². The average Bonchev–Trinajstić information content (AvgIpc) is 2.43. The van der Waals surface area contributed by atoms with Crippen LogP contribution in [0.3, 0.4) is 0 Å². The molecule has 0 aliphatic heterocycles. The number of anilines is 1. The lowest BCUT2D eigenvalue weighted by Gasteiger charge is -2.09. The van der Waals surface area contributed by atoms with Crippen molar-refractivity contribution < 1.29 is 24.2 Å². The maximum Gasteiger partial charge on any atom is 0.322 e. The van der Waals surface area contributed by atoms with Gasteiger partial charge in [0.15, 0.2) is 0 Å². The number of benzene rings is 1. The first-order valence-electron chi connectivity index (χ1n) is 5.79. The van der Waals surface area contributed by atoms with Crippen LogP contribution in [0.25, 0.3) is 0 Å². The van der Waals surface area contributed by atoms with E-state index in [0.29, 0.717) is 16.5 Å². The molecule has 3 amide bonds. The zero-order valence-electron chi connectivity index (χ0n) is 11.1. The molecule has 4 N–H and O–H groups in total. The van der Waals surface area contributed by atoms with E-state index in [1.54, 1.807) is 12.1 Å². The van der Waals surface area contributed by atoms with E-state index in [2.05, 4.69) is 16.0 Å². The van der Waals surface area contributed by atoms with Crippen LogP contribution in [0.4, 0.5) is 10.5 Å². The SMILES string of the molecule is COc1ccc(NC(=O)NCC(=O)NCC(=O)O)cc1Cl. The minimum Gasteiger partial charge on any atom is -0.495 e. The summed E-state index contributed by atoms with van der Waals surface area (Å²) in [6.07, 6.45) is 0. The zero-order chi connectivity index (χ0) is 15.8. The highest BCUT2D eigenvalue weighted by molar-refractivity contribution is 6.32. The summed E-state index contributed by atoms with van der Waals surface area (Å²) >= 11 is 5.89. The van der Waals surface area contributed by atoms with Gasteiger partial charge in [-0.05, 0) is 18.2 Å². The van der Waals surface area contributed by atoms with Crippen molar-refractivity contribution in [2.45, 2.75) is 0 Å². The first kappa shape index (κ1) is 16.6. The van der Waals surface area contributed by atoms with Crippen LogP contribution >= 0.6 is 11.6 Å². The third-order valence-electron chi connectivity index (χ3n) is 2.26. The largest absolute Gasteiger partial charge is 0.495 e. The number of rotatable bonds is 6. The Hall–Kier alpha value is -2.48. The van der Waals surface area contributed by atoms with Gasteiger partial charge in [0.25, 0.3) is 0 Å². The quantitative estimate of drug-likeness (QED) is 0.615. The Labute approximate surface area is 125 Å². The Morgan fingerprint density at radius 3 is 2.52 bits per heavy atom. The number of carbonyl (C=O) groups excluding carboxylic acids is 2. The van der Waals surface area contributed by atoms with Crippen LogP contribution in [0.5, 0.6) is 5.75 Å². The lowest BCUT2D eigenvalue weighted by Crippen LogP contribution is -2.40. The molecule has 1 aromatic carbocycles. The Balaban J connectivity index is 2.41. The fourth-order valence-corrected chi connectivity index (χ4v) is 1.57. The fraction of sp³-hybridized carbons (Fsp3) is 0.250. The molecule has 0 aliphatic rings. The highest BCUT2D eigenvalue weighted by Gasteiger charge is 2.08. The van der Waals surface area contributed by atoms with Crippen molar-refractivity contribution in [3.63, 3.8) is 0 Å². The summed E-state index contributed by atoms with van der Waals surface area (Å²) in [5, 5.41) is 15.5. The van der Waals surface area contributed by atoms with Crippen molar-refractivity contribution in [3.8, 4) is 5.75 Å². The van der Waals surface area contributed by atoms with Crippen molar-refractivity contribution in [3.05, 3.63) is 23.2 Å². The molecule has 0 spiro atoms. The fourth-order valence-electron chi connectivity index (χ4n) is 1.32. The van der Waals surface area contributed by atoms with Crippen molar-refractivity contribution in [2.75, 3.05) is 25.5 Å². The van der Waals surface area contributed by atoms with Crippen LogP contribution in [0.2, 0.25) is 5.02 Å². The molecule has 1 aromatic rings. The topological polar surface area (TPSA) is 117 Å². The summed E-state index contributed by atoms with van der Waals surface area (Å²) in [6.45, 7) is -0.848. The molecule has 0 aliphatic carbocycles. The van der Waals surface area contributed by atoms with Crippen LogP contribution in [-0.4, -0.2) is 43.2 Å². The molecule has 0 heterocycles. The summed E-state index contributed by atoms with van der Waals surface area (Å²) < 4.78 is 4.97. The molecule has 9 heteroatoms. The number of carboxylic acid groups (broad SMARTS) is 1. The zero-order valence-corrected chi connectivity index (χ0v) is 11.9. The van der Waals surface area contributed by atoms with E-state index in [4.69, 9.17) is 21.4 Å². The highest BCUT2D eigenvalue weighted by Crippen LogP contribution is 2.26. The minimum atomic E-state index is -1.17. The summed E-state index contributed by atoms with van der Waals surface area (Å²) in [7, 11) is 1.47. The molecular weight excluding hydrogens is 302 g/mol. The lowest BCUT2D eigenvalue weighted by molar-refractivity contribution is -0.137. The van der Waals surface area contributed by atoms with Gasteiger partial charge < -0.3 is 25.8 Å². The molecule has 0 radical (unpaired) electrons. The molecule has 0 aromatic heterocycles. The van der Waals surface area contributed by atoms with E-state index in [1.165, 1.54) is 13.2 Å². The summed E-state index contributed by atoms with van der Waals surface area (Å²) in [5.74, 6) is -1.31. The van der Waals surface area contributed by atoms with Gasteiger partial charge in [-0.25, -0.2) is 4.79 Å². The van der Waals surface area contributed by atoms with E-state index in [9.17, 15) is 14.4 Å². The van der Waals surface area contributed by atoms with Gasteiger partial charge in [-0.15, -0.1) is 0 Å². The van der Waals surface area contributed by atoms with Gasteiger partial charge in [-0.3, -0.25) is 9.59 Å². The Morgan fingerprint density at radius 2 is 1.95 bits per heavy atom. The van der Waals surface area contributed by atoms with Crippen molar-refractivity contribution >= 4 is 35.2 Å². The number of amides is 3. The Morgan fingerprint density at radius 1 is 1.24 bits per heavy atom. The molecule has 1 rings (SSSR count). The van der Waals surface area contributed by atoms with E-state index in [1.807, 2.05) is 0 Å². The normalized spacial score (nSPS) is 9.62. The van der Waals surface area contributed by atoms with Gasteiger partial charge in [0.1, 0.15) is 12.3 Å². The average molecular weight is 316 g/mol. The van der Waals surface area contributed by atoms with Gasteiger partial charge in [-0.1, -0.05) is 11.6 Å². The number of urea groups is 1. The number of carbonyl (C=O) groups is 3. The van der Waals surface area contributed by atoms with E-state index < -0.39 is 24.5 Å². The summed E-state index contributed by atoms with van der Waals surface area (Å²) in [4.78, 5) is 32.9. The third kappa shape index (κ3) is 6.00. The summed E-state index contributed by atoms with van der Waals surface area (Å²) in [6, 6.07) is 4.03. The molecule has 8 nitrogen and oxygen atoms in total. The van der Waals surface area contributed by atoms with Crippen LogP contribution in [0, 0.1) is 0 Å². The maximum absolute atomic E-state index is 11.5. The van der Waals surface area contributed by atoms with Gasteiger partial charge >= 0.3 is 12.0 Å². The Kier molecular flexibility index (Phi) is 6.28. The molecule has 0 saturated carbocycles. The van der Waals surface area contributed by atoms with Crippen molar-refractivity contribution in [1.82, 2.24) is 10.6 Å². The number of hydrogen-bond donors (Lipinski definition) is 4. The van der Waals surface area contributed by atoms with Crippen molar-refractivity contribution in [1.29, 1.82) is 0 Å². The summed E-state index contributed by atoms with van der Waals surface area (Å²) in [5.41, 5.74) is 0.421. The number of nitrogens with one attached hydrogen (secondary N) is 3. The lowest BCUT2D eigenvalue weighted by atomic mass is 10.3. The standard InChI is InChI=1S/C12H14ClN3O5/c1-21-9-3-2-7(4-8(9)13)16-12(20)15-5-10(17)14-6-11(18)19/h2-4H,5-6H2,1H3,(H,14,17)(H,18,19)(H2,15,16,20). The highest BCUT2D eigenvalue weighted by atomic mass is 35.5. The number of halogens is 1. The van der Waals surface area contributed by atoms with Crippen molar-refractivity contribution in [2.24, 2.45) is 0 Å². The molecule has 0 saturated heterocycles. The number of methoxy groups -OCH3 is 1. The number of hydrogen-bond acceptors (Lipinski definition) is 4. The van der Waals surface area contributed by atoms with Crippen LogP contribution in [-0.2, 0) is 9.59 Å². The predicted molar refractivity (Wildman–Crippen MR) is 75.7 cm³/mol. The van der Waals surface area contributed by atoms with E-state index in [0.717, 1.165) is 0 Å². The van der Waals surface area contributed by atoms with Gasteiger partial charge in [-0.2, -0.15) is 0 Å². The van der Waals surface area contributed by atoms with Gasteiger partial charge in [0, 0.05) is 5.69 Å². The van der Waals surface area contributed by atoms with Crippen LogP contribution < -0.4 is 20.7 Å². The monoisotopic (exact) mass is 315 g/mol. The maximum atomic E-state index is 11.5. The Bertz CT molecular complexity index is 550. The third-order valence-corrected chi connectivity index (χ3v) is 2.55. The second kappa shape index (κ2) is 7.95. The molecule has 21 heavy (non-hydrogen) atoms. The van der Waals surface area contributed by atoms with Crippen LogP contribution in [0.1, 0.15) is 0 Å². The second-order valence-electron chi connectivity index (χ2n) is 3.83. The molecule has 0 atom stereocenters. The first-order valence-corrected chi connectivity index (χ1v) is 6.17. The van der Waals surface area contributed by atoms with Gasteiger partial charge in [0.05, 0.1) is 18.7 Å². The molecule has 114 valence electrons. The first-order chi connectivity index (χ1) is 9.92. The molecule has 0 fully saturated rings. The number of carboxylic acids is 1. The van der Waals surface area contributed by atoms with Gasteiger partial charge in [0.2, 0.25) is 5.91 Å². The number of aliphatic carboxylic acids is 1.